The van der Waals surface area contributed by atoms with Crippen LogP contribution < -0.4 is 5.32 Å². The Bertz CT molecular complexity index is 703. The molecule has 0 bridgehead atoms. The van der Waals surface area contributed by atoms with Gasteiger partial charge in [-0.1, -0.05) is 29.5 Å². The second-order valence-corrected chi connectivity index (χ2v) is 4.86. The highest BCUT2D eigenvalue weighted by atomic mass is 15.4. The van der Waals surface area contributed by atoms with Gasteiger partial charge in [-0.2, -0.15) is 0 Å². The van der Waals surface area contributed by atoms with Crippen molar-refractivity contribution >= 4 is 0 Å². The molecule has 0 aliphatic rings. The lowest BCUT2D eigenvalue weighted by Gasteiger charge is -2.17. The first-order valence-electron chi connectivity index (χ1n) is 6.85. The first kappa shape index (κ1) is 13.5. The Kier molecular flexibility index (Phi) is 3.75. The molecular formula is C16H17N5. The number of nitrogens with one attached hydrogen (secondary N) is 1. The average molecular weight is 279 g/mol. The minimum Gasteiger partial charge on any atom is -0.308 e. The van der Waals surface area contributed by atoms with Crippen LogP contribution in [0.1, 0.15) is 23.0 Å². The quantitative estimate of drug-likeness (QED) is 0.796. The molecule has 1 aromatic carbocycles. The summed E-state index contributed by atoms with van der Waals surface area (Å²) >= 11 is 0. The number of nitrogens with zero attached hydrogens (tertiary/aromatic N) is 4. The lowest BCUT2D eigenvalue weighted by atomic mass is 10.1. The maximum atomic E-state index is 4.37. The third-order valence-corrected chi connectivity index (χ3v) is 3.43. The van der Waals surface area contributed by atoms with E-state index in [2.05, 4.69) is 26.7 Å². The number of hydrogen-bond acceptors (Lipinski definition) is 4. The molecule has 0 aliphatic carbocycles. The Morgan fingerprint density at radius 3 is 2.52 bits per heavy atom. The van der Waals surface area contributed by atoms with Crippen LogP contribution >= 0.6 is 0 Å². The van der Waals surface area contributed by atoms with Crippen LogP contribution in [-0.2, 0) is 0 Å². The lowest BCUT2D eigenvalue weighted by molar-refractivity contribution is 0.631. The molecule has 3 aromatic rings. The summed E-state index contributed by atoms with van der Waals surface area (Å²) in [6.45, 7) is 1.98. The standard InChI is InChI=1S/C16H17N5/c1-12-8-9-13(10-18-12)16(17-2)15-11-19-20-21(15)14-6-4-3-5-7-14/h3-11,16-17H,1-2H3. The molecule has 5 heteroatoms. The summed E-state index contributed by atoms with van der Waals surface area (Å²) in [5.41, 5.74) is 4.06. The molecule has 0 amide bonds. The van der Waals surface area contributed by atoms with Crippen LogP contribution in [0, 0.1) is 6.92 Å². The molecule has 3 rings (SSSR count). The highest BCUT2D eigenvalue weighted by molar-refractivity contribution is 5.35. The predicted octanol–water partition coefficient (Wildman–Crippen LogP) is 2.28. The summed E-state index contributed by atoms with van der Waals surface area (Å²) in [7, 11) is 1.92. The van der Waals surface area contributed by atoms with E-state index in [-0.39, 0.29) is 6.04 Å². The molecule has 0 fully saturated rings. The minimum atomic E-state index is -0.00620. The van der Waals surface area contributed by atoms with Gasteiger partial charge in [0.25, 0.3) is 0 Å². The van der Waals surface area contributed by atoms with Crippen molar-refractivity contribution in [1.29, 1.82) is 0 Å². The molecule has 106 valence electrons. The summed E-state index contributed by atoms with van der Waals surface area (Å²) < 4.78 is 1.85. The average Bonchev–Trinajstić information content (AvgIpc) is 3.00. The molecule has 0 saturated heterocycles. The highest BCUT2D eigenvalue weighted by Gasteiger charge is 2.18. The van der Waals surface area contributed by atoms with Crippen LogP contribution in [0.15, 0.2) is 54.9 Å². The number of benzene rings is 1. The smallest absolute Gasteiger partial charge is 0.0861 e. The first-order chi connectivity index (χ1) is 10.3. The molecule has 1 unspecified atom stereocenters. The zero-order valence-electron chi connectivity index (χ0n) is 12.1. The van der Waals surface area contributed by atoms with Crippen LogP contribution in [0.2, 0.25) is 0 Å². The van der Waals surface area contributed by atoms with Gasteiger partial charge in [0.2, 0.25) is 0 Å². The third-order valence-electron chi connectivity index (χ3n) is 3.43. The SMILES string of the molecule is CNC(c1ccc(C)nc1)c1cnnn1-c1ccccc1. The van der Waals surface area contributed by atoms with Crippen LogP contribution in [0.4, 0.5) is 0 Å². The molecule has 1 atom stereocenters. The second-order valence-electron chi connectivity index (χ2n) is 4.86. The summed E-state index contributed by atoms with van der Waals surface area (Å²) in [6, 6.07) is 14.1. The van der Waals surface area contributed by atoms with E-state index in [9.17, 15) is 0 Å². The van der Waals surface area contributed by atoms with Crippen molar-refractivity contribution in [3.05, 3.63) is 71.8 Å². The summed E-state index contributed by atoms with van der Waals surface area (Å²) in [5.74, 6) is 0. The fourth-order valence-corrected chi connectivity index (χ4v) is 2.34. The largest absolute Gasteiger partial charge is 0.308 e. The number of pyridine rings is 1. The summed E-state index contributed by atoms with van der Waals surface area (Å²) in [4.78, 5) is 4.37. The van der Waals surface area contributed by atoms with Gasteiger partial charge >= 0.3 is 0 Å². The topological polar surface area (TPSA) is 55.6 Å². The van der Waals surface area contributed by atoms with Gasteiger partial charge < -0.3 is 5.32 Å². The van der Waals surface area contributed by atoms with Crippen LogP contribution in [0.25, 0.3) is 5.69 Å². The van der Waals surface area contributed by atoms with E-state index >= 15 is 0 Å². The molecule has 2 heterocycles. The van der Waals surface area contributed by atoms with Gasteiger partial charge in [-0.3, -0.25) is 4.98 Å². The van der Waals surface area contributed by atoms with E-state index in [1.54, 1.807) is 6.20 Å². The molecule has 2 aromatic heterocycles. The molecule has 0 saturated carbocycles. The second kappa shape index (κ2) is 5.85. The fourth-order valence-electron chi connectivity index (χ4n) is 2.34. The van der Waals surface area contributed by atoms with Gasteiger partial charge in [0, 0.05) is 11.9 Å². The number of aromatic nitrogens is 4. The number of rotatable bonds is 4. The number of para-hydroxylation sites is 1. The zero-order chi connectivity index (χ0) is 14.7. The summed E-state index contributed by atoms with van der Waals surface area (Å²) in [5, 5.41) is 11.6. The Labute approximate surface area is 123 Å². The molecule has 0 spiro atoms. The van der Waals surface area contributed by atoms with Gasteiger partial charge in [0.1, 0.15) is 0 Å². The van der Waals surface area contributed by atoms with E-state index in [1.165, 1.54) is 0 Å². The van der Waals surface area contributed by atoms with Crippen molar-refractivity contribution in [2.24, 2.45) is 0 Å². The van der Waals surface area contributed by atoms with E-state index in [4.69, 9.17) is 0 Å². The zero-order valence-corrected chi connectivity index (χ0v) is 12.1. The van der Waals surface area contributed by atoms with Crippen LogP contribution in [-0.4, -0.2) is 27.0 Å². The van der Waals surface area contributed by atoms with Gasteiger partial charge in [-0.25, -0.2) is 4.68 Å². The van der Waals surface area contributed by atoms with E-state index in [0.29, 0.717) is 0 Å². The first-order valence-corrected chi connectivity index (χ1v) is 6.85. The van der Waals surface area contributed by atoms with Crippen molar-refractivity contribution < 1.29 is 0 Å². The van der Waals surface area contributed by atoms with E-state index in [1.807, 2.05) is 61.2 Å². The maximum Gasteiger partial charge on any atom is 0.0861 e. The highest BCUT2D eigenvalue weighted by Crippen LogP contribution is 2.22. The Balaban J connectivity index is 2.03. The van der Waals surface area contributed by atoms with Crippen LogP contribution in [0.3, 0.4) is 0 Å². The fraction of sp³-hybridized carbons (Fsp3) is 0.188. The van der Waals surface area contributed by atoms with Crippen molar-refractivity contribution in [2.45, 2.75) is 13.0 Å². The number of aryl methyl sites for hydroxylation is 1. The molecule has 5 nitrogen and oxygen atoms in total. The number of hydrogen-bond donors (Lipinski definition) is 1. The van der Waals surface area contributed by atoms with Crippen molar-refractivity contribution in [1.82, 2.24) is 25.3 Å². The van der Waals surface area contributed by atoms with Gasteiger partial charge in [0.15, 0.2) is 0 Å². The molecule has 0 radical (unpaired) electrons. The Hall–Kier alpha value is -2.53. The molecule has 1 N–H and O–H groups in total. The van der Waals surface area contributed by atoms with Gasteiger partial charge in [-0.15, -0.1) is 5.10 Å². The van der Waals surface area contributed by atoms with Gasteiger partial charge in [-0.05, 0) is 37.7 Å². The third kappa shape index (κ3) is 2.68. The molecule has 0 aliphatic heterocycles. The monoisotopic (exact) mass is 279 g/mol. The normalized spacial score (nSPS) is 12.3. The molecule has 21 heavy (non-hydrogen) atoms. The van der Waals surface area contributed by atoms with Crippen molar-refractivity contribution in [2.75, 3.05) is 7.05 Å². The Morgan fingerprint density at radius 2 is 1.86 bits per heavy atom. The van der Waals surface area contributed by atoms with Gasteiger partial charge in [0.05, 0.1) is 23.6 Å². The van der Waals surface area contributed by atoms with E-state index < -0.39 is 0 Å². The Morgan fingerprint density at radius 1 is 1.05 bits per heavy atom. The predicted molar refractivity (Wildman–Crippen MR) is 81.2 cm³/mol. The summed E-state index contributed by atoms with van der Waals surface area (Å²) in [6.07, 6.45) is 3.67. The van der Waals surface area contributed by atoms with Crippen molar-refractivity contribution in [3.63, 3.8) is 0 Å². The van der Waals surface area contributed by atoms with E-state index in [0.717, 1.165) is 22.6 Å². The molecular weight excluding hydrogens is 262 g/mol. The van der Waals surface area contributed by atoms with Crippen molar-refractivity contribution in [3.8, 4) is 5.69 Å². The minimum absolute atomic E-state index is 0.00620. The van der Waals surface area contributed by atoms with Crippen LogP contribution in [0.5, 0.6) is 0 Å². The lowest BCUT2D eigenvalue weighted by Crippen LogP contribution is -2.21. The maximum absolute atomic E-state index is 4.37.